The Bertz CT molecular complexity index is 1220. The van der Waals surface area contributed by atoms with Crippen molar-refractivity contribution in [2.24, 2.45) is 14.1 Å². The number of aldehydes is 2. The second-order valence-electron chi connectivity index (χ2n) is 6.24. The molecule has 0 radical (unpaired) electrons. The number of pyridine rings is 2. The number of hydrogen-bond acceptors (Lipinski definition) is 3. The molecule has 2 N–H and O–H groups in total. The van der Waals surface area contributed by atoms with Gasteiger partial charge in [0, 0.05) is 46.6 Å². The number of carbonyl (C=O) groups excluding carboxylic acids is 2. The zero-order chi connectivity index (χ0) is 19.4. The van der Waals surface area contributed by atoms with Crippen molar-refractivity contribution in [2.75, 3.05) is 0 Å². The number of benzene rings is 2. The van der Waals surface area contributed by atoms with Crippen LogP contribution in [0.5, 0.6) is 0 Å². The molecule has 0 aliphatic carbocycles. The Balaban J connectivity index is 0.000000511. The number of rotatable bonds is 2. The van der Waals surface area contributed by atoms with Gasteiger partial charge in [-0.25, -0.2) is 4.57 Å². The van der Waals surface area contributed by atoms with E-state index in [0.29, 0.717) is 16.3 Å². The van der Waals surface area contributed by atoms with E-state index in [0.717, 1.165) is 28.9 Å². The number of fused-ring (bicyclic) bond motifs is 2. The molecule has 0 unspecified atom stereocenters. The van der Waals surface area contributed by atoms with E-state index in [1.54, 1.807) is 37.5 Å². The average Bonchev–Trinajstić information content (AvgIpc) is 2.70. The summed E-state index contributed by atoms with van der Waals surface area (Å²) in [5.74, 6) is 0. The summed E-state index contributed by atoms with van der Waals surface area (Å²) in [5, 5.41) is 3.40. The molecule has 2 heterocycles. The zero-order valence-electron chi connectivity index (χ0n) is 16.0. The molecule has 2 aromatic heterocycles. The standard InChI is InChI=1S/C11H9NO2.C11H10NO.CH4.HI.H2O/c1-12-6-5-9-8(7-13)3-2-4-10(9)11(12)14;1-12-6-5-11-9(7-12)3-2-4-10(11)8-13;;;/h2-7H,1H3;2-8H,1H3;1H4;1H;1H2/q;+1;;;/p-1. The maximum Gasteiger partial charge on any atom is 0.258 e. The largest absolute Gasteiger partial charge is 1.00 e. The molecule has 6 nitrogen and oxygen atoms in total. The Hall–Kier alpha value is -2.91. The van der Waals surface area contributed by atoms with E-state index in [1.807, 2.05) is 48.3 Å². The number of aromatic nitrogens is 2. The molecule has 0 atom stereocenters. The summed E-state index contributed by atoms with van der Waals surface area (Å²) in [6.45, 7) is 0. The Labute approximate surface area is 192 Å². The molecule has 4 rings (SSSR count). The van der Waals surface area contributed by atoms with Crippen molar-refractivity contribution in [3.63, 3.8) is 0 Å². The molecule has 0 amide bonds. The minimum atomic E-state index is -0.0776. The van der Waals surface area contributed by atoms with Crippen LogP contribution >= 0.6 is 0 Å². The van der Waals surface area contributed by atoms with Crippen molar-refractivity contribution in [3.8, 4) is 0 Å². The highest BCUT2D eigenvalue weighted by atomic mass is 127. The van der Waals surface area contributed by atoms with Crippen LogP contribution in [-0.2, 0) is 14.1 Å². The first kappa shape index (κ1) is 27.1. The Kier molecular flexibility index (Phi) is 10.8. The van der Waals surface area contributed by atoms with E-state index in [-0.39, 0.29) is 42.4 Å². The average molecular weight is 520 g/mol. The van der Waals surface area contributed by atoms with E-state index >= 15 is 0 Å². The fourth-order valence-electron chi connectivity index (χ4n) is 2.97. The van der Waals surface area contributed by atoms with E-state index in [2.05, 4.69) is 0 Å². The molecule has 4 aromatic rings. The molecular weight excluding hydrogens is 495 g/mol. The molecule has 2 aromatic carbocycles. The lowest BCUT2D eigenvalue weighted by atomic mass is 10.1. The first-order valence-corrected chi connectivity index (χ1v) is 8.42. The second kappa shape index (κ2) is 11.9. The summed E-state index contributed by atoms with van der Waals surface area (Å²) < 4.78 is 3.47. The molecule has 0 aliphatic heterocycles. The Morgan fingerprint density at radius 3 is 2.10 bits per heavy atom. The fraction of sp³-hybridized carbons (Fsp3) is 0.130. The van der Waals surface area contributed by atoms with Gasteiger partial charge < -0.3 is 34.0 Å². The molecule has 0 saturated heterocycles. The lowest BCUT2D eigenvalue weighted by Gasteiger charge is -2.02. The summed E-state index contributed by atoms with van der Waals surface area (Å²) in [4.78, 5) is 33.0. The van der Waals surface area contributed by atoms with Gasteiger partial charge in [-0.15, -0.1) is 0 Å². The highest BCUT2D eigenvalue weighted by molar-refractivity contribution is 5.98. The lowest BCUT2D eigenvalue weighted by Crippen LogP contribution is -3.00. The van der Waals surface area contributed by atoms with Crippen LogP contribution in [-0.4, -0.2) is 22.6 Å². The van der Waals surface area contributed by atoms with E-state index in [1.165, 1.54) is 4.57 Å². The van der Waals surface area contributed by atoms with Crippen molar-refractivity contribution in [3.05, 3.63) is 88.6 Å². The van der Waals surface area contributed by atoms with Gasteiger partial charge in [0.25, 0.3) is 5.56 Å². The van der Waals surface area contributed by atoms with Crippen LogP contribution in [0.15, 0.2) is 71.9 Å². The van der Waals surface area contributed by atoms with Crippen LogP contribution in [0.1, 0.15) is 28.1 Å². The summed E-state index contributed by atoms with van der Waals surface area (Å²) in [6, 6.07) is 14.6. The normalized spacial score (nSPS) is 9.27. The minimum absolute atomic E-state index is 0. The van der Waals surface area contributed by atoms with Crippen LogP contribution in [0, 0.1) is 0 Å². The highest BCUT2D eigenvalue weighted by Gasteiger charge is 2.03. The van der Waals surface area contributed by atoms with Crippen molar-refractivity contribution in [1.82, 2.24) is 4.57 Å². The van der Waals surface area contributed by atoms with Gasteiger partial charge in [0.1, 0.15) is 7.05 Å². The molecule has 7 heteroatoms. The number of aryl methyl sites for hydroxylation is 2. The maximum atomic E-state index is 11.6. The van der Waals surface area contributed by atoms with Gasteiger partial charge in [-0.05, 0) is 23.6 Å². The third kappa shape index (κ3) is 5.58. The third-order valence-corrected chi connectivity index (χ3v) is 4.40. The highest BCUT2D eigenvalue weighted by Crippen LogP contribution is 2.14. The van der Waals surface area contributed by atoms with Gasteiger partial charge in [-0.3, -0.25) is 14.4 Å². The monoisotopic (exact) mass is 520 g/mol. The third-order valence-electron chi connectivity index (χ3n) is 4.40. The van der Waals surface area contributed by atoms with E-state index < -0.39 is 0 Å². The SMILES string of the molecule is C.C[n+]1ccc2c(C=O)cccc2c1.Cn1ccc2c(C=O)cccc2c1=O.O.[I-]. The van der Waals surface area contributed by atoms with Crippen LogP contribution in [0.3, 0.4) is 0 Å². The molecular formula is C23H25IN2O4. The number of carbonyl (C=O) groups is 2. The van der Waals surface area contributed by atoms with Gasteiger partial charge in [0.05, 0.1) is 0 Å². The van der Waals surface area contributed by atoms with Crippen molar-refractivity contribution in [2.45, 2.75) is 7.43 Å². The molecule has 0 saturated carbocycles. The summed E-state index contributed by atoms with van der Waals surface area (Å²) in [7, 11) is 3.66. The van der Waals surface area contributed by atoms with Gasteiger partial charge in [0.2, 0.25) is 0 Å². The first-order valence-electron chi connectivity index (χ1n) is 8.42. The van der Waals surface area contributed by atoms with Crippen LogP contribution in [0.2, 0.25) is 0 Å². The minimum Gasteiger partial charge on any atom is -1.00 e. The quantitative estimate of drug-likeness (QED) is 0.206. The predicted octanol–water partition coefficient (Wildman–Crippen LogP) is -0.357. The van der Waals surface area contributed by atoms with Crippen molar-refractivity contribution >= 4 is 34.1 Å². The molecule has 0 spiro atoms. The van der Waals surface area contributed by atoms with Crippen LogP contribution in [0.4, 0.5) is 0 Å². The maximum absolute atomic E-state index is 11.6. The topological polar surface area (TPSA) is 91.5 Å². The Morgan fingerprint density at radius 1 is 0.867 bits per heavy atom. The van der Waals surface area contributed by atoms with E-state index in [9.17, 15) is 14.4 Å². The second-order valence-corrected chi connectivity index (χ2v) is 6.24. The van der Waals surface area contributed by atoms with Crippen LogP contribution in [0.25, 0.3) is 21.5 Å². The number of hydrogen-bond donors (Lipinski definition) is 0. The lowest BCUT2D eigenvalue weighted by molar-refractivity contribution is -0.670. The zero-order valence-corrected chi connectivity index (χ0v) is 18.2. The van der Waals surface area contributed by atoms with Gasteiger partial charge in [-0.2, -0.15) is 0 Å². The smallest absolute Gasteiger partial charge is 0.258 e. The summed E-state index contributed by atoms with van der Waals surface area (Å²) in [5.41, 5.74) is 1.23. The molecule has 0 bridgehead atoms. The van der Waals surface area contributed by atoms with Crippen molar-refractivity contribution < 1.29 is 43.6 Å². The van der Waals surface area contributed by atoms with Gasteiger partial charge in [0.15, 0.2) is 25.0 Å². The van der Waals surface area contributed by atoms with Gasteiger partial charge in [-0.1, -0.05) is 31.7 Å². The van der Waals surface area contributed by atoms with Gasteiger partial charge >= 0.3 is 0 Å². The summed E-state index contributed by atoms with van der Waals surface area (Å²) in [6.07, 6.45) is 7.26. The first-order chi connectivity index (χ1) is 13.0. The predicted molar refractivity (Wildman–Crippen MR) is 115 cm³/mol. The molecule has 158 valence electrons. The number of nitrogens with zero attached hydrogens (tertiary/aromatic N) is 2. The number of halogens is 1. The molecule has 0 fully saturated rings. The Morgan fingerprint density at radius 2 is 1.47 bits per heavy atom. The fourth-order valence-corrected chi connectivity index (χ4v) is 2.97. The molecule has 0 aliphatic rings. The van der Waals surface area contributed by atoms with Crippen LogP contribution < -0.4 is 34.1 Å². The molecule has 30 heavy (non-hydrogen) atoms. The summed E-state index contributed by atoms with van der Waals surface area (Å²) >= 11 is 0. The van der Waals surface area contributed by atoms with Crippen molar-refractivity contribution in [1.29, 1.82) is 0 Å². The van der Waals surface area contributed by atoms with E-state index in [4.69, 9.17) is 0 Å².